The fraction of sp³-hybridized carbons (Fsp3) is 0.750. The molecular formula is C8H13N3O. The predicted molar refractivity (Wildman–Crippen MR) is 45.9 cm³/mol. The van der Waals surface area contributed by atoms with E-state index in [-0.39, 0.29) is 0 Å². The van der Waals surface area contributed by atoms with E-state index in [1.54, 1.807) is 4.90 Å². The van der Waals surface area contributed by atoms with E-state index < -0.39 is 0 Å². The summed E-state index contributed by atoms with van der Waals surface area (Å²) in [6.07, 6.45) is 3.07. The van der Waals surface area contributed by atoms with E-state index in [9.17, 15) is 4.79 Å². The molecule has 0 unspecified atom stereocenters. The molecule has 1 amide bonds. The Hall–Kier alpha value is -1.06. The van der Waals surface area contributed by atoms with Crippen LogP contribution in [0.2, 0.25) is 0 Å². The zero-order valence-electron chi connectivity index (χ0n) is 7.07. The minimum absolute atomic E-state index is 0.832. The maximum Gasteiger partial charge on any atom is 0.216 e. The van der Waals surface area contributed by atoms with Crippen LogP contribution in [0.3, 0.4) is 0 Å². The number of amides is 1. The normalized spacial score (nSPS) is 23.2. The van der Waals surface area contributed by atoms with Gasteiger partial charge in [0.15, 0.2) is 0 Å². The molecule has 12 heavy (non-hydrogen) atoms. The molecular weight excluding hydrogens is 154 g/mol. The average molecular weight is 167 g/mol. The number of carbonyl (C=O) groups is 1. The first-order valence-electron chi connectivity index (χ1n) is 4.43. The molecule has 2 aliphatic rings. The third-order valence-electron chi connectivity index (χ3n) is 2.33. The number of aliphatic imine (C=N–C) groups is 1. The van der Waals surface area contributed by atoms with Crippen LogP contribution in [-0.2, 0) is 4.79 Å². The lowest BCUT2D eigenvalue weighted by Crippen LogP contribution is -2.51. The van der Waals surface area contributed by atoms with Crippen molar-refractivity contribution in [1.29, 1.82) is 0 Å². The second kappa shape index (κ2) is 3.13. The molecule has 1 saturated heterocycles. The average Bonchev–Trinajstić information content (AvgIpc) is 2.17. The van der Waals surface area contributed by atoms with Crippen LogP contribution < -0.4 is 0 Å². The summed E-state index contributed by atoms with van der Waals surface area (Å²) in [5.74, 6) is 0.891. The number of guanidine groups is 1. The topological polar surface area (TPSA) is 35.9 Å². The van der Waals surface area contributed by atoms with Crippen molar-refractivity contribution in [2.45, 2.75) is 12.8 Å². The SMILES string of the molecule is O=CN1CCCN2CCCN=C12. The summed E-state index contributed by atoms with van der Waals surface area (Å²) < 4.78 is 0. The third kappa shape index (κ3) is 1.17. The van der Waals surface area contributed by atoms with Crippen LogP contribution in [0.5, 0.6) is 0 Å². The van der Waals surface area contributed by atoms with E-state index in [1.165, 1.54) is 0 Å². The Kier molecular flexibility index (Phi) is 1.98. The Bertz CT molecular complexity index is 214. The molecule has 0 radical (unpaired) electrons. The first-order valence-corrected chi connectivity index (χ1v) is 4.43. The van der Waals surface area contributed by atoms with Crippen molar-refractivity contribution in [2.75, 3.05) is 26.2 Å². The minimum Gasteiger partial charge on any atom is -0.342 e. The number of rotatable bonds is 1. The van der Waals surface area contributed by atoms with Gasteiger partial charge >= 0.3 is 0 Å². The molecule has 2 heterocycles. The summed E-state index contributed by atoms with van der Waals surface area (Å²) in [6, 6.07) is 0. The highest BCUT2D eigenvalue weighted by molar-refractivity contribution is 5.89. The monoisotopic (exact) mass is 167 g/mol. The highest BCUT2D eigenvalue weighted by atomic mass is 16.1. The quantitative estimate of drug-likeness (QED) is 0.512. The molecule has 0 aromatic carbocycles. The largest absolute Gasteiger partial charge is 0.342 e. The van der Waals surface area contributed by atoms with E-state index >= 15 is 0 Å². The Balaban J connectivity index is 2.17. The van der Waals surface area contributed by atoms with Gasteiger partial charge in [-0.2, -0.15) is 0 Å². The van der Waals surface area contributed by atoms with Gasteiger partial charge in [0.25, 0.3) is 0 Å². The lowest BCUT2D eigenvalue weighted by atomic mass is 10.2. The van der Waals surface area contributed by atoms with Crippen molar-refractivity contribution in [2.24, 2.45) is 4.99 Å². The number of fused-ring (bicyclic) bond motifs is 1. The maximum absolute atomic E-state index is 10.6. The minimum atomic E-state index is 0.832. The Morgan fingerprint density at radius 3 is 2.92 bits per heavy atom. The number of carbonyl (C=O) groups excluding carboxylic acids is 1. The molecule has 0 saturated carbocycles. The second-order valence-electron chi connectivity index (χ2n) is 3.17. The van der Waals surface area contributed by atoms with Crippen molar-refractivity contribution in [3.8, 4) is 0 Å². The molecule has 2 rings (SSSR count). The summed E-state index contributed by atoms with van der Waals surface area (Å²) in [4.78, 5) is 18.9. The molecule has 0 bridgehead atoms. The van der Waals surface area contributed by atoms with Gasteiger partial charge in [0.05, 0.1) is 0 Å². The summed E-state index contributed by atoms with van der Waals surface area (Å²) >= 11 is 0. The van der Waals surface area contributed by atoms with E-state index in [2.05, 4.69) is 9.89 Å². The van der Waals surface area contributed by atoms with Crippen molar-refractivity contribution in [3.05, 3.63) is 0 Å². The van der Waals surface area contributed by atoms with Gasteiger partial charge in [0.1, 0.15) is 0 Å². The van der Waals surface area contributed by atoms with Crippen LogP contribution in [0.4, 0.5) is 0 Å². The summed E-state index contributed by atoms with van der Waals surface area (Å²) in [5.41, 5.74) is 0. The van der Waals surface area contributed by atoms with Crippen molar-refractivity contribution < 1.29 is 4.79 Å². The Morgan fingerprint density at radius 2 is 2.08 bits per heavy atom. The molecule has 2 aliphatic heterocycles. The van der Waals surface area contributed by atoms with Crippen molar-refractivity contribution in [1.82, 2.24) is 9.80 Å². The zero-order valence-corrected chi connectivity index (χ0v) is 7.07. The summed E-state index contributed by atoms with van der Waals surface area (Å²) in [6.45, 7) is 3.82. The van der Waals surface area contributed by atoms with Gasteiger partial charge in [-0.15, -0.1) is 0 Å². The highest BCUT2D eigenvalue weighted by Crippen LogP contribution is 2.11. The molecule has 0 aliphatic carbocycles. The standard InChI is InChI=1S/C8H13N3O/c12-7-11-6-2-5-10-4-1-3-9-8(10)11/h7H,1-6H2. The zero-order chi connectivity index (χ0) is 8.39. The van der Waals surface area contributed by atoms with Gasteiger partial charge < -0.3 is 4.90 Å². The molecule has 0 spiro atoms. The van der Waals surface area contributed by atoms with Crippen LogP contribution in [0.1, 0.15) is 12.8 Å². The third-order valence-corrected chi connectivity index (χ3v) is 2.33. The van der Waals surface area contributed by atoms with E-state index in [1.807, 2.05) is 0 Å². The van der Waals surface area contributed by atoms with E-state index in [0.29, 0.717) is 0 Å². The summed E-state index contributed by atoms with van der Waals surface area (Å²) in [5, 5.41) is 0. The molecule has 0 N–H and O–H groups in total. The molecule has 0 aromatic rings. The van der Waals surface area contributed by atoms with Crippen molar-refractivity contribution >= 4 is 12.4 Å². The van der Waals surface area contributed by atoms with Crippen LogP contribution in [-0.4, -0.2) is 48.3 Å². The molecule has 4 nitrogen and oxygen atoms in total. The Labute approximate surface area is 71.9 Å². The molecule has 66 valence electrons. The van der Waals surface area contributed by atoms with Crippen LogP contribution in [0.25, 0.3) is 0 Å². The Morgan fingerprint density at radius 1 is 1.25 bits per heavy atom. The first kappa shape index (κ1) is 7.58. The number of nitrogens with zero attached hydrogens (tertiary/aromatic N) is 3. The molecule has 0 aromatic heterocycles. The first-order chi connectivity index (χ1) is 5.92. The van der Waals surface area contributed by atoms with Gasteiger partial charge in [-0.05, 0) is 12.8 Å². The van der Waals surface area contributed by atoms with Gasteiger partial charge in [0, 0.05) is 26.2 Å². The van der Waals surface area contributed by atoms with Crippen molar-refractivity contribution in [3.63, 3.8) is 0 Å². The lowest BCUT2D eigenvalue weighted by Gasteiger charge is -2.37. The predicted octanol–water partition coefficient (Wildman–Crippen LogP) is -0.0898. The number of hydrogen-bond acceptors (Lipinski definition) is 3. The van der Waals surface area contributed by atoms with Gasteiger partial charge in [-0.3, -0.25) is 14.7 Å². The van der Waals surface area contributed by atoms with Crippen LogP contribution in [0, 0.1) is 0 Å². The van der Waals surface area contributed by atoms with E-state index in [0.717, 1.165) is 51.4 Å². The molecule has 1 fully saturated rings. The van der Waals surface area contributed by atoms with E-state index in [4.69, 9.17) is 0 Å². The number of hydrogen-bond donors (Lipinski definition) is 0. The fourth-order valence-corrected chi connectivity index (χ4v) is 1.76. The molecule has 0 atom stereocenters. The van der Waals surface area contributed by atoms with Gasteiger partial charge in [-0.25, -0.2) is 0 Å². The second-order valence-corrected chi connectivity index (χ2v) is 3.17. The smallest absolute Gasteiger partial charge is 0.216 e. The molecule has 4 heteroatoms. The van der Waals surface area contributed by atoms with Crippen LogP contribution >= 0.6 is 0 Å². The summed E-state index contributed by atoms with van der Waals surface area (Å²) in [7, 11) is 0. The van der Waals surface area contributed by atoms with Gasteiger partial charge in [0.2, 0.25) is 12.4 Å². The lowest BCUT2D eigenvalue weighted by molar-refractivity contribution is -0.115. The van der Waals surface area contributed by atoms with Crippen LogP contribution in [0.15, 0.2) is 4.99 Å². The van der Waals surface area contributed by atoms with Gasteiger partial charge in [-0.1, -0.05) is 0 Å². The fourth-order valence-electron chi connectivity index (χ4n) is 1.76. The maximum atomic E-state index is 10.6. The highest BCUT2D eigenvalue weighted by Gasteiger charge is 2.24.